The fourth-order valence-electron chi connectivity index (χ4n) is 2.82. The summed E-state index contributed by atoms with van der Waals surface area (Å²) < 4.78 is 7.02. The monoisotopic (exact) mass is 396 g/mol. The van der Waals surface area contributed by atoms with Gasteiger partial charge in [-0.1, -0.05) is 60.3 Å². The number of aromatic nitrogens is 3. The van der Waals surface area contributed by atoms with E-state index >= 15 is 0 Å². The maximum absolute atomic E-state index is 12.5. The number of thioether (sulfide) groups is 1. The van der Waals surface area contributed by atoms with E-state index in [9.17, 15) is 4.79 Å². The van der Waals surface area contributed by atoms with Crippen molar-refractivity contribution in [1.82, 2.24) is 14.8 Å². The molecule has 0 aliphatic carbocycles. The molecule has 146 valence electrons. The molecule has 1 heterocycles. The van der Waals surface area contributed by atoms with Gasteiger partial charge < -0.3 is 14.6 Å². The Kier molecular flexibility index (Phi) is 7.63. The molecular formula is C21H24N4O2S. The lowest BCUT2D eigenvalue weighted by molar-refractivity contribution is -0.113. The number of anilines is 1. The van der Waals surface area contributed by atoms with Gasteiger partial charge in [0.1, 0.15) is 6.33 Å². The average Bonchev–Trinajstić information content (AvgIpc) is 3.16. The first-order chi connectivity index (χ1) is 13.8. The number of benzene rings is 2. The minimum absolute atomic E-state index is 0.0584. The quantitative estimate of drug-likeness (QED) is 0.419. The van der Waals surface area contributed by atoms with Gasteiger partial charge in [-0.3, -0.25) is 4.79 Å². The molecule has 2 aromatic carbocycles. The summed E-state index contributed by atoms with van der Waals surface area (Å²) in [7, 11) is 1.68. The zero-order valence-electron chi connectivity index (χ0n) is 15.9. The first kappa shape index (κ1) is 20.1. The first-order valence-corrected chi connectivity index (χ1v) is 10.2. The smallest absolute Gasteiger partial charge is 0.234 e. The molecule has 0 aliphatic heterocycles. The number of rotatable bonds is 10. The van der Waals surface area contributed by atoms with Gasteiger partial charge in [0, 0.05) is 25.9 Å². The Hall–Kier alpha value is -2.64. The third-order valence-corrected chi connectivity index (χ3v) is 5.17. The van der Waals surface area contributed by atoms with E-state index in [1.165, 1.54) is 17.3 Å². The Labute approximate surface area is 169 Å². The summed E-state index contributed by atoms with van der Waals surface area (Å²) >= 11 is 1.39. The zero-order valence-corrected chi connectivity index (χ0v) is 16.7. The summed E-state index contributed by atoms with van der Waals surface area (Å²) in [6.45, 7) is 1.45. The lowest BCUT2D eigenvalue weighted by atomic mass is 10.0. The number of ether oxygens (including phenoxy) is 1. The number of carbonyl (C=O) groups excluding carboxylic acids is 1. The number of nitrogens with one attached hydrogen (secondary N) is 1. The van der Waals surface area contributed by atoms with Gasteiger partial charge in [-0.2, -0.15) is 0 Å². The standard InChI is InChI=1S/C21H24N4O2S/c1-27-13-7-12-25-16-22-24-21(25)28-15-20(26)23-19-11-6-5-10-18(19)14-17-8-3-2-4-9-17/h2-6,8-11,16H,7,12-15H2,1H3,(H,23,26). The van der Waals surface area contributed by atoms with Gasteiger partial charge >= 0.3 is 0 Å². The molecule has 0 unspecified atom stereocenters. The molecule has 1 amide bonds. The fraction of sp³-hybridized carbons (Fsp3) is 0.286. The zero-order chi connectivity index (χ0) is 19.6. The van der Waals surface area contributed by atoms with Crippen molar-refractivity contribution < 1.29 is 9.53 Å². The Morgan fingerprint density at radius 3 is 2.75 bits per heavy atom. The van der Waals surface area contributed by atoms with E-state index in [4.69, 9.17) is 4.74 Å². The van der Waals surface area contributed by atoms with E-state index in [1.807, 2.05) is 47.0 Å². The van der Waals surface area contributed by atoms with Gasteiger partial charge in [-0.25, -0.2) is 0 Å². The Bertz CT molecular complexity index is 883. The largest absolute Gasteiger partial charge is 0.385 e. The van der Waals surface area contributed by atoms with E-state index in [0.29, 0.717) is 6.61 Å². The third-order valence-electron chi connectivity index (χ3n) is 4.19. The van der Waals surface area contributed by atoms with Gasteiger partial charge in [-0.05, 0) is 30.0 Å². The molecule has 0 saturated heterocycles. The molecule has 1 N–H and O–H groups in total. The molecule has 3 aromatic rings. The fourth-order valence-corrected chi connectivity index (χ4v) is 3.56. The van der Waals surface area contributed by atoms with E-state index in [2.05, 4.69) is 27.6 Å². The van der Waals surface area contributed by atoms with Crippen molar-refractivity contribution in [1.29, 1.82) is 0 Å². The molecule has 0 bridgehead atoms. The first-order valence-electron chi connectivity index (χ1n) is 9.17. The number of nitrogens with zero attached hydrogens (tertiary/aromatic N) is 3. The summed E-state index contributed by atoms with van der Waals surface area (Å²) in [4.78, 5) is 12.5. The van der Waals surface area contributed by atoms with Crippen LogP contribution in [0.2, 0.25) is 0 Å². The van der Waals surface area contributed by atoms with Gasteiger partial charge in [0.25, 0.3) is 0 Å². The Morgan fingerprint density at radius 1 is 1.14 bits per heavy atom. The van der Waals surface area contributed by atoms with Crippen LogP contribution < -0.4 is 5.32 Å². The van der Waals surface area contributed by atoms with Crippen molar-refractivity contribution in [2.45, 2.75) is 24.5 Å². The highest BCUT2D eigenvalue weighted by Crippen LogP contribution is 2.20. The molecule has 0 saturated carbocycles. The van der Waals surface area contributed by atoms with E-state index in [0.717, 1.165) is 35.8 Å². The summed E-state index contributed by atoms with van der Waals surface area (Å²) in [5.41, 5.74) is 3.15. The molecule has 0 fully saturated rings. The minimum atomic E-state index is -0.0584. The van der Waals surface area contributed by atoms with Crippen LogP contribution in [0, 0.1) is 0 Å². The molecule has 3 rings (SSSR count). The maximum atomic E-state index is 12.5. The summed E-state index contributed by atoms with van der Waals surface area (Å²) in [6, 6.07) is 18.1. The topological polar surface area (TPSA) is 69.0 Å². The highest BCUT2D eigenvalue weighted by molar-refractivity contribution is 7.99. The lowest BCUT2D eigenvalue weighted by Crippen LogP contribution is -2.16. The predicted octanol–water partition coefficient (Wildman–Crippen LogP) is 3.64. The van der Waals surface area contributed by atoms with Crippen LogP contribution in [-0.2, 0) is 22.5 Å². The second-order valence-electron chi connectivity index (χ2n) is 6.31. The number of aryl methyl sites for hydroxylation is 1. The van der Waals surface area contributed by atoms with Crippen molar-refractivity contribution in [3.8, 4) is 0 Å². The molecule has 0 aliphatic rings. The van der Waals surface area contributed by atoms with Crippen molar-refractivity contribution in [3.05, 3.63) is 72.1 Å². The lowest BCUT2D eigenvalue weighted by Gasteiger charge is -2.11. The summed E-state index contributed by atoms with van der Waals surface area (Å²) in [5, 5.41) is 11.8. The van der Waals surface area contributed by atoms with Gasteiger partial charge in [-0.15, -0.1) is 10.2 Å². The van der Waals surface area contributed by atoms with Crippen LogP contribution in [0.25, 0.3) is 0 Å². The normalized spacial score (nSPS) is 10.8. The number of hydrogen-bond acceptors (Lipinski definition) is 5. The van der Waals surface area contributed by atoms with Crippen molar-refractivity contribution in [2.24, 2.45) is 0 Å². The van der Waals surface area contributed by atoms with Gasteiger partial charge in [0.15, 0.2) is 5.16 Å². The second kappa shape index (κ2) is 10.6. The molecule has 1 aromatic heterocycles. The third kappa shape index (κ3) is 5.94. The SMILES string of the molecule is COCCCn1cnnc1SCC(=O)Nc1ccccc1Cc1ccccc1. The number of methoxy groups -OCH3 is 1. The Balaban J connectivity index is 1.56. The van der Waals surface area contributed by atoms with E-state index in [1.54, 1.807) is 13.4 Å². The number of carbonyl (C=O) groups is 1. The molecule has 7 heteroatoms. The summed E-state index contributed by atoms with van der Waals surface area (Å²) in [6.07, 6.45) is 3.34. The molecular weight excluding hydrogens is 372 g/mol. The van der Waals surface area contributed by atoms with Crippen molar-refractivity contribution >= 4 is 23.4 Å². The van der Waals surface area contributed by atoms with Crippen LogP contribution in [-0.4, -0.2) is 40.1 Å². The minimum Gasteiger partial charge on any atom is -0.385 e. The van der Waals surface area contributed by atoms with Crippen LogP contribution in [0.1, 0.15) is 17.5 Å². The molecule has 0 atom stereocenters. The van der Waals surface area contributed by atoms with Crippen LogP contribution in [0.3, 0.4) is 0 Å². The predicted molar refractivity (Wildman–Crippen MR) is 112 cm³/mol. The number of para-hydroxylation sites is 1. The van der Waals surface area contributed by atoms with Crippen molar-refractivity contribution in [2.75, 3.05) is 24.8 Å². The molecule has 28 heavy (non-hydrogen) atoms. The average molecular weight is 397 g/mol. The van der Waals surface area contributed by atoms with Crippen LogP contribution >= 0.6 is 11.8 Å². The van der Waals surface area contributed by atoms with E-state index in [-0.39, 0.29) is 11.7 Å². The van der Waals surface area contributed by atoms with E-state index < -0.39 is 0 Å². The Morgan fingerprint density at radius 2 is 1.93 bits per heavy atom. The highest BCUT2D eigenvalue weighted by atomic mass is 32.2. The molecule has 0 radical (unpaired) electrons. The highest BCUT2D eigenvalue weighted by Gasteiger charge is 2.11. The molecule has 0 spiro atoms. The van der Waals surface area contributed by atoms with Gasteiger partial charge in [0.05, 0.1) is 5.75 Å². The van der Waals surface area contributed by atoms with Crippen LogP contribution in [0.5, 0.6) is 0 Å². The number of amides is 1. The van der Waals surface area contributed by atoms with Crippen LogP contribution in [0.15, 0.2) is 66.1 Å². The summed E-state index contributed by atoms with van der Waals surface area (Å²) in [5.74, 6) is 0.222. The maximum Gasteiger partial charge on any atom is 0.234 e. The van der Waals surface area contributed by atoms with Crippen LogP contribution in [0.4, 0.5) is 5.69 Å². The van der Waals surface area contributed by atoms with Gasteiger partial charge in [0.2, 0.25) is 5.91 Å². The second-order valence-corrected chi connectivity index (χ2v) is 7.25. The van der Waals surface area contributed by atoms with Crippen molar-refractivity contribution in [3.63, 3.8) is 0 Å². The molecule has 6 nitrogen and oxygen atoms in total. The number of hydrogen-bond donors (Lipinski definition) is 1.